The Morgan fingerprint density at radius 1 is 1.28 bits per heavy atom. The van der Waals surface area contributed by atoms with Crippen molar-refractivity contribution >= 4 is 40.7 Å². The summed E-state index contributed by atoms with van der Waals surface area (Å²) in [7, 11) is 0. The fourth-order valence-corrected chi connectivity index (χ4v) is 2.34. The van der Waals surface area contributed by atoms with Gasteiger partial charge in [0.15, 0.2) is 0 Å². The summed E-state index contributed by atoms with van der Waals surface area (Å²) in [6.45, 7) is 1.71. The normalized spacial score (nSPS) is 24.4. The van der Waals surface area contributed by atoms with Crippen molar-refractivity contribution in [1.29, 1.82) is 0 Å². The van der Waals surface area contributed by atoms with Crippen molar-refractivity contribution in [1.82, 2.24) is 0 Å². The Morgan fingerprint density at radius 2 is 1.78 bits per heavy atom. The molecule has 18 heavy (non-hydrogen) atoms. The van der Waals surface area contributed by atoms with Crippen molar-refractivity contribution in [2.75, 3.05) is 5.32 Å². The van der Waals surface area contributed by atoms with Crippen LogP contribution < -0.4 is 11.1 Å². The van der Waals surface area contributed by atoms with E-state index in [0.29, 0.717) is 17.7 Å². The number of nitrogens with one attached hydrogen (secondary N) is 1. The molecule has 0 bridgehead atoms. The lowest BCUT2D eigenvalue weighted by Crippen LogP contribution is -2.26. The van der Waals surface area contributed by atoms with Crippen LogP contribution in [0.2, 0.25) is 0 Å². The molecule has 0 saturated heterocycles. The highest BCUT2D eigenvalue weighted by Gasteiger charge is 2.67. The van der Waals surface area contributed by atoms with E-state index in [0.717, 1.165) is 0 Å². The van der Waals surface area contributed by atoms with Gasteiger partial charge in [0.1, 0.15) is 4.33 Å². The third-order valence-electron chi connectivity index (χ3n) is 3.19. The molecule has 0 spiro atoms. The molecule has 96 valence electrons. The summed E-state index contributed by atoms with van der Waals surface area (Å²) in [4.78, 5) is 22.8. The molecule has 3 N–H and O–H groups in total. The number of carbonyl (C=O) groups is 2. The molecular weight excluding hydrogens is 275 g/mol. The summed E-state index contributed by atoms with van der Waals surface area (Å²) >= 11 is 11.8. The second-order valence-corrected chi connectivity index (χ2v) is 6.09. The maximum atomic E-state index is 12.0. The van der Waals surface area contributed by atoms with Crippen LogP contribution in [-0.4, -0.2) is 16.1 Å². The van der Waals surface area contributed by atoms with Crippen molar-refractivity contribution in [2.45, 2.75) is 17.7 Å². The molecule has 1 fully saturated rings. The molecule has 1 aromatic carbocycles. The fraction of sp³-hybridized carbons (Fsp3) is 0.333. The molecule has 4 nitrogen and oxygen atoms in total. The zero-order valence-electron chi connectivity index (χ0n) is 9.67. The van der Waals surface area contributed by atoms with Gasteiger partial charge in [-0.15, -0.1) is 23.2 Å². The average Bonchev–Trinajstić information content (AvgIpc) is 2.80. The van der Waals surface area contributed by atoms with Gasteiger partial charge in [0.2, 0.25) is 11.8 Å². The number of halogens is 2. The Labute approximate surface area is 114 Å². The van der Waals surface area contributed by atoms with Crippen LogP contribution in [0.1, 0.15) is 23.7 Å². The molecule has 6 heteroatoms. The van der Waals surface area contributed by atoms with Crippen LogP contribution in [0.15, 0.2) is 24.3 Å². The van der Waals surface area contributed by atoms with Gasteiger partial charge in [-0.2, -0.15) is 0 Å². The highest BCUT2D eigenvalue weighted by atomic mass is 35.5. The summed E-state index contributed by atoms with van der Waals surface area (Å²) in [5.41, 5.74) is 5.31. The van der Waals surface area contributed by atoms with Crippen LogP contribution in [-0.2, 0) is 4.79 Å². The monoisotopic (exact) mass is 286 g/mol. The van der Waals surface area contributed by atoms with Gasteiger partial charge in [0.05, 0.1) is 5.41 Å². The minimum absolute atomic E-state index is 0.237. The topological polar surface area (TPSA) is 72.2 Å². The van der Waals surface area contributed by atoms with Crippen molar-refractivity contribution in [2.24, 2.45) is 11.1 Å². The van der Waals surface area contributed by atoms with Crippen LogP contribution >= 0.6 is 23.2 Å². The van der Waals surface area contributed by atoms with Crippen molar-refractivity contribution in [3.05, 3.63) is 29.8 Å². The maximum absolute atomic E-state index is 12.0. The highest BCUT2D eigenvalue weighted by molar-refractivity contribution is 6.53. The van der Waals surface area contributed by atoms with Crippen LogP contribution in [0.4, 0.5) is 5.69 Å². The number of benzene rings is 1. The summed E-state index contributed by atoms with van der Waals surface area (Å²) < 4.78 is -0.996. The summed E-state index contributed by atoms with van der Waals surface area (Å²) in [6, 6.07) is 6.30. The number of anilines is 1. The minimum Gasteiger partial charge on any atom is -0.366 e. The van der Waals surface area contributed by atoms with E-state index >= 15 is 0 Å². The van der Waals surface area contributed by atoms with Gasteiger partial charge in [-0.25, -0.2) is 0 Å². The minimum atomic E-state index is -0.996. The first kappa shape index (κ1) is 13.2. The third kappa shape index (κ3) is 2.18. The number of nitrogens with two attached hydrogens (primary N) is 1. The average molecular weight is 287 g/mol. The lowest BCUT2D eigenvalue weighted by atomic mass is 10.1. The first-order valence-corrected chi connectivity index (χ1v) is 6.11. The third-order valence-corrected chi connectivity index (χ3v) is 4.29. The summed E-state index contributed by atoms with van der Waals surface area (Å²) in [5, 5.41) is 2.71. The molecule has 1 aliphatic carbocycles. The summed E-state index contributed by atoms with van der Waals surface area (Å²) in [6.07, 6.45) is 0.425. The first-order valence-electron chi connectivity index (χ1n) is 5.35. The first-order chi connectivity index (χ1) is 8.26. The SMILES string of the molecule is CC1(C(=O)Nc2ccc(C(N)=O)cc2)CC1(Cl)Cl. The van der Waals surface area contributed by atoms with Gasteiger partial charge in [-0.1, -0.05) is 0 Å². The molecule has 1 saturated carbocycles. The standard InChI is InChI=1S/C12H12Cl2N2O2/c1-11(6-12(11,13)14)10(18)16-8-4-2-7(3-5-8)9(15)17/h2-5H,6H2,1H3,(H2,15,17)(H,16,18). The lowest BCUT2D eigenvalue weighted by Gasteiger charge is -2.12. The molecule has 2 rings (SSSR count). The quantitative estimate of drug-likeness (QED) is 0.837. The summed E-state index contributed by atoms with van der Waals surface area (Å²) in [5.74, 6) is -0.748. The van der Waals surface area contributed by atoms with E-state index in [-0.39, 0.29) is 5.91 Å². The van der Waals surface area contributed by atoms with Crippen LogP contribution in [0, 0.1) is 5.41 Å². The van der Waals surface area contributed by atoms with E-state index in [1.807, 2.05) is 0 Å². The smallest absolute Gasteiger partial charge is 0.248 e. The zero-order chi connectivity index (χ0) is 13.6. The van der Waals surface area contributed by atoms with Gasteiger partial charge >= 0.3 is 0 Å². The fourth-order valence-electron chi connectivity index (χ4n) is 1.63. The number of rotatable bonds is 3. The van der Waals surface area contributed by atoms with E-state index in [1.165, 1.54) is 0 Å². The molecule has 1 aromatic rings. The predicted molar refractivity (Wildman–Crippen MR) is 70.8 cm³/mol. The van der Waals surface area contributed by atoms with Crippen LogP contribution in [0.5, 0.6) is 0 Å². The number of carbonyl (C=O) groups excluding carboxylic acids is 2. The van der Waals surface area contributed by atoms with Crippen molar-refractivity contribution in [3.63, 3.8) is 0 Å². The van der Waals surface area contributed by atoms with E-state index in [9.17, 15) is 9.59 Å². The van der Waals surface area contributed by atoms with Gasteiger partial charge in [-0.3, -0.25) is 9.59 Å². The highest BCUT2D eigenvalue weighted by Crippen LogP contribution is 2.64. The molecule has 0 aromatic heterocycles. The number of hydrogen-bond donors (Lipinski definition) is 2. The number of alkyl halides is 2. The zero-order valence-corrected chi connectivity index (χ0v) is 11.2. The van der Waals surface area contributed by atoms with Crippen LogP contribution in [0.25, 0.3) is 0 Å². The maximum Gasteiger partial charge on any atom is 0.248 e. The van der Waals surface area contributed by atoms with Gasteiger partial charge in [0.25, 0.3) is 0 Å². The predicted octanol–water partition coefficient (Wildman–Crippen LogP) is 2.31. The molecule has 1 unspecified atom stereocenters. The van der Waals surface area contributed by atoms with Gasteiger partial charge < -0.3 is 11.1 Å². The largest absolute Gasteiger partial charge is 0.366 e. The van der Waals surface area contributed by atoms with E-state index in [2.05, 4.69) is 5.32 Å². The van der Waals surface area contributed by atoms with E-state index in [4.69, 9.17) is 28.9 Å². The Kier molecular flexibility index (Phi) is 3.03. The Morgan fingerprint density at radius 3 is 2.17 bits per heavy atom. The molecular formula is C12H12Cl2N2O2. The van der Waals surface area contributed by atoms with Crippen molar-refractivity contribution in [3.8, 4) is 0 Å². The van der Waals surface area contributed by atoms with Crippen LogP contribution in [0.3, 0.4) is 0 Å². The Bertz CT molecular complexity index is 513. The number of amides is 2. The van der Waals surface area contributed by atoms with E-state index < -0.39 is 15.7 Å². The van der Waals surface area contributed by atoms with Crippen molar-refractivity contribution < 1.29 is 9.59 Å². The molecule has 0 radical (unpaired) electrons. The molecule has 2 amide bonds. The Balaban J connectivity index is 2.07. The molecule has 1 atom stereocenters. The lowest BCUT2D eigenvalue weighted by molar-refractivity contribution is -0.120. The number of primary amides is 1. The van der Waals surface area contributed by atoms with Gasteiger partial charge in [0, 0.05) is 11.3 Å². The second kappa shape index (κ2) is 4.14. The number of hydrogen-bond acceptors (Lipinski definition) is 2. The molecule has 0 heterocycles. The molecule has 0 aliphatic heterocycles. The van der Waals surface area contributed by atoms with E-state index in [1.54, 1.807) is 31.2 Å². The van der Waals surface area contributed by atoms with Gasteiger partial charge in [-0.05, 0) is 37.6 Å². The Hall–Kier alpha value is -1.26. The molecule has 1 aliphatic rings. The second-order valence-electron chi connectivity index (χ2n) is 4.61.